The summed E-state index contributed by atoms with van der Waals surface area (Å²) in [5, 5.41) is 5.91. The molecule has 1 aliphatic heterocycles. The molecule has 172 valence electrons. The van der Waals surface area contributed by atoms with E-state index in [1.165, 1.54) is 5.56 Å². The zero-order valence-corrected chi connectivity index (χ0v) is 18.3. The summed E-state index contributed by atoms with van der Waals surface area (Å²) in [7, 11) is 0. The number of carbonyl (C=O) groups is 2. The highest BCUT2D eigenvalue weighted by molar-refractivity contribution is 5.98. The van der Waals surface area contributed by atoms with Crippen molar-refractivity contribution in [1.82, 2.24) is 4.90 Å². The van der Waals surface area contributed by atoms with Crippen molar-refractivity contribution in [2.75, 3.05) is 43.5 Å². The number of rotatable bonds is 9. The van der Waals surface area contributed by atoms with Gasteiger partial charge < -0.3 is 24.5 Å². The molecular weight excluding hydrogens is 422 g/mol. The van der Waals surface area contributed by atoms with Gasteiger partial charge in [-0.15, -0.1) is 0 Å². The Morgan fingerprint density at radius 2 is 1.76 bits per heavy atom. The highest BCUT2D eigenvalue weighted by Gasteiger charge is 2.15. The summed E-state index contributed by atoms with van der Waals surface area (Å²) in [6.45, 7) is 4.27. The van der Waals surface area contributed by atoms with Gasteiger partial charge in [0.1, 0.15) is 5.76 Å². The Labute approximate surface area is 192 Å². The van der Waals surface area contributed by atoms with Crippen molar-refractivity contribution in [3.63, 3.8) is 0 Å². The number of hydrogen-bond acceptors (Lipinski definition) is 7. The van der Waals surface area contributed by atoms with Gasteiger partial charge in [0.25, 0.3) is 5.91 Å². The van der Waals surface area contributed by atoms with Crippen molar-refractivity contribution in [2.24, 2.45) is 0 Å². The third-order valence-electron chi connectivity index (χ3n) is 5.26. The SMILES string of the molecule is O=C(COC(=O)c1ccccc1NCc1ccco1)Nc1ccc(CN2CCOCC2)cc1. The van der Waals surface area contributed by atoms with Gasteiger partial charge in [-0.25, -0.2) is 4.79 Å². The molecule has 0 bridgehead atoms. The molecule has 0 unspecified atom stereocenters. The maximum atomic E-state index is 12.5. The maximum Gasteiger partial charge on any atom is 0.340 e. The molecule has 1 fully saturated rings. The lowest BCUT2D eigenvalue weighted by molar-refractivity contribution is -0.119. The Morgan fingerprint density at radius 3 is 2.52 bits per heavy atom. The number of nitrogens with zero attached hydrogens (tertiary/aromatic N) is 1. The number of benzene rings is 2. The van der Waals surface area contributed by atoms with Crippen molar-refractivity contribution in [2.45, 2.75) is 13.1 Å². The van der Waals surface area contributed by atoms with Crippen LogP contribution in [-0.2, 0) is 27.4 Å². The minimum atomic E-state index is -0.575. The average molecular weight is 450 g/mol. The fraction of sp³-hybridized carbons (Fsp3) is 0.280. The quantitative estimate of drug-likeness (QED) is 0.483. The number of para-hydroxylation sites is 1. The molecule has 2 heterocycles. The molecule has 1 amide bonds. The standard InChI is InChI=1S/C25H27N3O5/c29-24(27-20-9-7-19(8-10-20)17-28-11-14-31-15-12-28)18-33-25(30)22-5-1-2-6-23(22)26-16-21-4-3-13-32-21/h1-10,13,26H,11-12,14-18H2,(H,27,29). The van der Waals surface area contributed by atoms with E-state index in [9.17, 15) is 9.59 Å². The summed E-state index contributed by atoms with van der Waals surface area (Å²) in [6.07, 6.45) is 1.59. The number of hydrogen-bond donors (Lipinski definition) is 2. The zero-order valence-electron chi connectivity index (χ0n) is 18.3. The molecule has 0 saturated carbocycles. The molecule has 2 aromatic carbocycles. The normalized spacial score (nSPS) is 13.9. The number of furan rings is 1. The molecule has 3 aromatic rings. The number of morpholine rings is 1. The van der Waals surface area contributed by atoms with Crippen LogP contribution in [0.4, 0.5) is 11.4 Å². The molecule has 33 heavy (non-hydrogen) atoms. The maximum absolute atomic E-state index is 12.5. The van der Waals surface area contributed by atoms with Gasteiger partial charge in [0.15, 0.2) is 6.61 Å². The van der Waals surface area contributed by atoms with E-state index in [1.54, 1.807) is 30.5 Å². The number of carbonyl (C=O) groups excluding carboxylic acids is 2. The third-order valence-corrected chi connectivity index (χ3v) is 5.26. The van der Waals surface area contributed by atoms with Crippen molar-refractivity contribution in [3.05, 3.63) is 83.8 Å². The van der Waals surface area contributed by atoms with Crippen LogP contribution in [0.3, 0.4) is 0 Å². The smallest absolute Gasteiger partial charge is 0.340 e. The van der Waals surface area contributed by atoms with Crippen LogP contribution in [-0.4, -0.2) is 49.7 Å². The summed E-state index contributed by atoms with van der Waals surface area (Å²) in [4.78, 5) is 27.1. The van der Waals surface area contributed by atoms with E-state index in [0.717, 1.165) is 38.6 Å². The molecule has 0 atom stereocenters. The predicted octanol–water partition coefficient (Wildman–Crippen LogP) is 3.52. The van der Waals surface area contributed by atoms with Crippen LogP contribution in [0.25, 0.3) is 0 Å². The van der Waals surface area contributed by atoms with Crippen molar-refractivity contribution in [1.29, 1.82) is 0 Å². The van der Waals surface area contributed by atoms with Crippen LogP contribution >= 0.6 is 0 Å². The lowest BCUT2D eigenvalue weighted by Gasteiger charge is -2.26. The molecule has 1 aliphatic rings. The summed E-state index contributed by atoms with van der Waals surface area (Å²) in [5.74, 6) is -0.229. The topological polar surface area (TPSA) is 93.0 Å². The predicted molar refractivity (Wildman–Crippen MR) is 124 cm³/mol. The first-order valence-electron chi connectivity index (χ1n) is 10.9. The van der Waals surface area contributed by atoms with Crippen LogP contribution < -0.4 is 10.6 Å². The van der Waals surface area contributed by atoms with E-state index in [4.69, 9.17) is 13.9 Å². The summed E-state index contributed by atoms with van der Waals surface area (Å²) in [6, 6.07) is 18.3. The zero-order chi connectivity index (χ0) is 22.9. The van der Waals surface area contributed by atoms with Crippen molar-refractivity contribution < 1.29 is 23.5 Å². The summed E-state index contributed by atoms with van der Waals surface area (Å²) < 4.78 is 15.9. The lowest BCUT2D eigenvalue weighted by Crippen LogP contribution is -2.35. The Kier molecular flexibility index (Phi) is 7.73. The summed E-state index contributed by atoms with van der Waals surface area (Å²) >= 11 is 0. The summed E-state index contributed by atoms with van der Waals surface area (Å²) in [5.41, 5.74) is 2.78. The van der Waals surface area contributed by atoms with E-state index in [-0.39, 0.29) is 6.61 Å². The Balaban J connectivity index is 1.25. The molecule has 8 heteroatoms. The van der Waals surface area contributed by atoms with Gasteiger partial charge in [0.05, 0.1) is 31.6 Å². The molecule has 1 saturated heterocycles. The molecule has 2 N–H and O–H groups in total. The van der Waals surface area contributed by atoms with Crippen molar-refractivity contribution >= 4 is 23.3 Å². The van der Waals surface area contributed by atoms with Gasteiger partial charge in [0.2, 0.25) is 0 Å². The second kappa shape index (κ2) is 11.3. The van der Waals surface area contributed by atoms with Gasteiger partial charge in [-0.3, -0.25) is 9.69 Å². The van der Waals surface area contributed by atoms with Crippen LogP contribution in [0.2, 0.25) is 0 Å². The lowest BCUT2D eigenvalue weighted by atomic mass is 10.1. The van der Waals surface area contributed by atoms with E-state index >= 15 is 0 Å². The number of ether oxygens (including phenoxy) is 2. The second-order valence-electron chi connectivity index (χ2n) is 7.69. The van der Waals surface area contributed by atoms with E-state index in [1.807, 2.05) is 36.4 Å². The number of amides is 1. The van der Waals surface area contributed by atoms with Gasteiger partial charge in [0, 0.05) is 31.0 Å². The van der Waals surface area contributed by atoms with Gasteiger partial charge in [-0.1, -0.05) is 24.3 Å². The monoisotopic (exact) mass is 449 g/mol. The first-order chi connectivity index (χ1) is 16.2. The molecule has 0 radical (unpaired) electrons. The number of nitrogens with one attached hydrogen (secondary N) is 2. The largest absolute Gasteiger partial charge is 0.467 e. The van der Waals surface area contributed by atoms with Gasteiger partial charge >= 0.3 is 5.97 Å². The van der Waals surface area contributed by atoms with Crippen molar-refractivity contribution in [3.8, 4) is 0 Å². The van der Waals surface area contributed by atoms with Crippen LogP contribution in [0.15, 0.2) is 71.3 Å². The molecule has 0 spiro atoms. The molecular formula is C25H27N3O5. The highest BCUT2D eigenvalue weighted by atomic mass is 16.5. The van der Waals surface area contributed by atoms with Crippen LogP contribution in [0.1, 0.15) is 21.7 Å². The molecule has 1 aromatic heterocycles. The van der Waals surface area contributed by atoms with E-state index in [2.05, 4.69) is 15.5 Å². The molecule has 0 aliphatic carbocycles. The minimum Gasteiger partial charge on any atom is -0.467 e. The second-order valence-corrected chi connectivity index (χ2v) is 7.69. The Bertz CT molecular complexity index is 1040. The van der Waals surface area contributed by atoms with Gasteiger partial charge in [-0.05, 0) is 42.0 Å². The van der Waals surface area contributed by atoms with Crippen LogP contribution in [0.5, 0.6) is 0 Å². The van der Waals surface area contributed by atoms with E-state index < -0.39 is 11.9 Å². The third kappa shape index (κ3) is 6.68. The fourth-order valence-corrected chi connectivity index (χ4v) is 3.53. The van der Waals surface area contributed by atoms with Gasteiger partial charge in [-0.2, -0.15) is 0 Å². The fourth-order valence-electron chi connectivity index (χ4n) is 3.53. The average Bonchev–Trinajstić information content (AvgIpc) is 3.37. The molecule has 4 rings (SSSR count). The minimum absolute atomic E-state index is 0.351. The Hall–Kier alpha value is -3.62. The van der Waals surface area contributed by atoms with Crippen LogP contribution in [0, 0.1) is 0 Å². The molecule has 8 nitrogen and oxygen atoms in total. The highest BCUT2D eigenvalue weighted by Crippen LogP contribution is 2.18. The number of anilines is 2. The first-order valence-corrected chi connectivity index (χ1v) is 10.9. The Morgan fingerprint density at radius 1 is 0.970 bits per heavy atom. The first kappa shape index (κ1) is 22.6. The number of esters is 1. The van der Waals surface area contributed by atoms with E-state index in [0.29, 0.717) is 23.5 Å².